The molecule has 3 rings (SSSR count). The molecule has 1 aliphatic rings. The molecule has 0 aromatic carbocycles. The zero-order valence-corrected chi connectivity index (χ0v) is 14.8. The molecule has 2 N–H and O–H groups in total. The average molecular weight is 355 g/mol. The SMILES string of the molecule is C=C/C=C\c1cc(-c2n[nH]c(=O)[nH]2)nc(O[C@H]2CCN(C(C)=O)C2)c1C. The third-order valence-electron chi connectivity index (χ3n) is 4.29. The van der Waals surface area contributed by atoms with Crippen molar-refractivity contribution in [2.75, 3.05) is 13.1 Å². The molecule has 0 bridgehead atoms. The Hall–Kier alpha value is -3.16. The smallest absolute Gasteiger partial charge is 0.340 e. The van der Waals surface area contributed by atoms with Crippen LogP contribution in [0.4, 0.5) is 0 Å². The quantitative estimate of drug-likeness (QED) is 0.794. The molecule has 1 amide bonds. The summed E-state index contributed by atoms with van der Waals surface area (Å²) in [4.78, 5) is 31.7. The highest BCUT2D eigenvalue weighted by Gasteiger charge is 2.27. The van der Waals surface area contributed by atoms with Crippen molar-refractivity contribution in [2.45, 2.75) is 26.4 Å². The van der Waals surface area contributed by atoms with Gasteiger partial charge in [-0.1, -0.05) is 24.8 Å². The number of aromatic nitrogens is 4. The zero-order chi connectivity index (χ0) is 18.7. The number of nitrogens with zero attached hydrogens (tertiary/aromatic N) is 3. The summed E-state index contributed by atoms with van der Waals surface area (Å²) in [6.07, 6.45) is 6.02. The summed E-state index contributed by atoms with van der Waals surface area (Å²) in [6, 6.07) is 1.82. The van der Waals surface area contributed by atoms with Crippen LogP contribution in [0.1, 0.15) is 24.5 Å². The third-order valence-corrected chi connectivity index (χ3v) is 4.29. The summed E-state index contributed by atoms with van der Waals surface area (Å²) in [6.45, 7) is 8.37. The van der Waals surface area contributed by atoms with Gasteiger partial charge in [-0.15, -0.1) is 0 Å². The van der Waals surface area contributed by atoms with Crippen LogP contribution in [0, 0.1) is 6.92 Å². The number of ether oxygens (including phenoxy) is 1. The number of H-pyrrole nitrogens is 2. The van der Waals surface area contributed by atoms with Crippen molar-refractivity contribution >= 4 is 12.0 Å². The van der Waals surface area contributed by atoms with Gasteiger partial charge in [0, 0.05) is 25.5 Å². The van der Waals surface area contributed by atoms with Crippen LogP contribution in [-0.4, -0.2) is 50.2 Å². The third kappa shape index (κ3) is 3.74. The Morgan fingerprint density at radius 3 is 2.92 bits per heavy atom. The lowest BCUT2D eigenvalue weighted by Crippen LogP contribution is -2.29. The van der Waals surface area contributed by atoms with Gasteiger partial charge in [0.2, 0.25) is 11.8 Å². The maximum Gasteiger partial charge on any atom is 0.340 e. The Morgan fingerprint density at radius 2 is 2.31 bits per heavy atom. The Bertz CT molecular complexity index is 912. The number of carbonyl (C=O) groups is 1. The van der Waals surface area contributed by atoms with Gasteiger partial charge in [-0.2, -0.15) is 5.10 Å². The van der Waals surface area contributed by atoms with Crippen molar-refractivity contribution in [1.29, 1.82) is 0 Å². The number of allylic oxidation sites excluding steroid dienone is 2. The zero-order valence-electron chi connectivity index (χ0n) is 14.8. The number of hydrogen-bond donors (Lipinski definition) is 2. The molecule has 0 unspecified atom stereocenters. The van der Waals surface area contributed by atoms with E-state index in [1.807, 2.05) is 25.1 Å². The van der Waals surface area contributed by atoms with Gasteiger partial charge in [0.25, 0.3) is 0 Å². The van der Waals surface area contributed by atoms with Gasteiger partial charge in [-0.05, 0) is 18.6 Å². The van der Waals surface area contributed by atoms with Gasteiger partial charge < -0.3 is 9.64 Å². The molecular formula is C18H21N5O3. The van der Waals surface area contributed by atoms with E-state index in [0.29, 0.717) is 30.5 Å². The fourth-order valence-electron chi connectivity index (χ4n) is 2.85. The first-order chi connectivity index (χ1) is 12.5. The molecule has 2 aromatic rings. The lowest BCUT2D eigenvalue weighted by atomic mass is 10.1. The number of carbonyl (C=O) groups excluding carboxylic acids is 1. The summed E-state index contributed by atoms with van der Waals surface area (Å²) in [5.74, 6) is 0.841. The molecule has 8 heteroatoms. The Kier molecular flexibility index (Phi) is 5.01. The predicted octanol–water partition coefficient (Wildman–Crippen LogP) is 1.67. The van der Waals surface area contributed by atoms with Gasteiger partial charge >= 0.3 is 5.69 Å². The molecule has 8 nitrogen and oxygen atoms in total. The van der Waals surface area contributed by atoms with E-state index < -0.39 is 5.69 Å². The molecule has 1 atom stereocenters. The van der Waals surface area contributed by atoms with E-state index in [2.05, 4.69) is 26.7 Å². The Balaban J connectivity index is 1.95. The van der Waals surface area contributed by atoms with Crippen LogP contribution < -0.4 is 10.4 Å². The topological polar surface area (TPSA) is 104 Å². The highest BCUT2D eigenvalue weighted by Crippen LogP contribution is 2.27. The van der Waals surface area contributed by atoms with Gasteiger partial charge in [-0.25, -0.2) is 14.9 Å². The fourth-order valence-corrected chi connectivity index (χ4v) is 2.85. The predicted molar refractivity (Wildman–Crippen MR) is 97.7 cm³/mol. The first-order valence-corrected chi connectivity index (χ1v) is 8.36. The van der Waals surface area contributed by atoms with E-state index in [4.69, 9.17) is 4.74 Å². The van der Waals surface area contributed by atoms with E-state index in [9.17, 15) is 9.59 Å². The lowest BCUT2D eigenvalue weighted by Gasteiger charge is -2.17. The lowest BCUT2D eigenvalue weighted by molar-refractivity contribution is -0.128. The molecule has 1 fully saturated rings. The molecule has 136 valence electrons. The summed E-state index contributed by atoms with van der Waals surface area (Å²) < 4.78 is 6.08. The standard InChI is InChI=1S/C18H21N5O3/c1-4-5-6-13-9-15(16-20-18(25)22-21-16)19-17(11(13)2)26-14-7-8-23(10-14)12(3)24/h4-6,9,14H,1,7-8,10H2,2-3H3,(H2,20,21,22,25)/b6-5-/t14-/m0/s1. The van der Waals surface area contributed by atoms with Gasteiger partial charge in [0.1, 0.15) is 11.8 Å². The number of amides is 1. The number of likely N-dealkylation sites (tertiary alicyclic amines) is 1. The van der Waals surface area contributed by atoms with E-state index in [1.54, 1.807) is 17.9 Å². The highest BCUT2D eigenvalue weighted by molar-refractivity contribution is 5.73. The maximum absolute atomic E-state index is 11.5. The van der Waals surface area contributed by atoms with E-state index >= 15 is 0 Å². The molecule has 1 aliphatic heterocycles. The minimum atomic E-state index is -0.402. The van der Waals surface area contributed by atoms with E-state index in [-0.39, 0.29) is 12.0 Å². The molecule has 0 saturated carbocycles. The maximum atomic E-state index is 11.5. The van der Waals surface area contributed by atoms with Crippen LogP contribution in [0.2, 0.25) is 0 Å². The molecule has 1 saturated heterocycles. The molecule has 26 heavy (non-hydrogen) atoms. The summed E-state index contributed by atoms with van der Waals surface area (Å²) in [5, 5.41) is 6.27. The second-order valence-corrected chi connectivity index (χ2v) is 6.14. The van der Waals surface area contributed by atoms with Crippen LogP contribution in [-0.2, 0) is 4.79 Å². The van der Waals surface area contributed by atoms with Crippen molar-refractivity contribution in [3.8, 4) is 17.4 Å². The minimum Gasteiger partial charge on any atom is -0.472 e. The van der Waals surface area contributed by atoms with Crippen molar-refractivity contribution in [2.24, 2.45) is 0 Å². The van der Waals surface area contributed by atoms with Crippen LogP contribution in [0.25, 0.3) is 17.6 Å². The van der Waals surface area contributed by atoms with E-state index in [1.165, 1.54) is 0 Å². The summed E-state index contributed by atoms with van der Waals surface area (Å²) in [7, 11) is 0. The Labute approximate surface area is 150 Å². The second-order valence-electron chi connectivity index (χ2n) is 6.14. The number of aromatic amines is 2. The highest BCUT2D eigenvalue weighted by atomic mass is 16.5. The molecule has 0 radical (unpaired) electrons. The normalized spacial score (nSPS) is 17.0. The second kappa shape index (κ2) is 7.38. The van der Waals surface area contributed by atoms with Crippen molar-refractivity contribution in [3.63, 3.8) is 0 Å². The summed E-state index contributed by atoms with van der Waals surface area (Å²) >= 11 is 0. The van der Waals surface area contributed by atoms with Gasteiger partial charge in [0.15, 0.2) is 5.82 Å². The molecule has 0 spiro atoms. The van der Waals surface area contributed by atoms with Crippen LogP contribution in [0.5, 0.6) is 5.88 Å². The first-order valence-electron chi connectivity index (χ1n) is 8.36. The largest absolute Gasteiger partial charge is 0.472 e. The average Bonchev–Trinajstić information content (AvgIpc) is 3.25. The molecular weight excluding hydrogens is 334 g/mol. The van der Waals surface area contributed by atoms with Crippen LogP contribution >= 0.6 is 0 Å². The molecule has 2 aromatic heterocycles. The van der Waals surface area contributed by atoms with Crippen LogP contribution in [0.3, 0.4) is 0 Å². The fraction of sp³-hybridized carbons (Fsp3) is 0.333. The van der Waals surface area contributed by atoms with E-state index in [0.717, 1.165) is 17.5 Å². The van der Waals surface area contributed by atoms with Gasteiger partial charge in [-0.3, -0.25) is 9.78 Å². The monoisotopic (exact) mass is 355 g/mol. The van der Waals surface area contributed by atoms with Crippen LogP contribution in [0.15, 0.2) is 29.6 Å². The first kappa shape index (κ1) is 17.7. The van der Waals surface area contributed by atoms with Crippen molar-refractivity contribution in [1.82, 2.24) is 25.1 Å². The number of hydrogen-bond acceptors (Lipinski definition) is 5. The number of rotatable bonds is 5. The Morgan fingerprint density at radius 1 is 1.50 bits per heavy atom. The number of nitrogens with one attached hydrogen (secondary N) is 2. The van der Waals surface area contributed by atoms with Crippen molar-refractivity contribution < 1.29 is 9.53 Å². The molecule has 3 heterocycles. The molecule has 0 aliphatic carbocycles. The van der Waals surface area contributed by atoms with Gasteiger partial charge in [0.05, 0.1) is 6.54 Å². The minimum absolute atomic E-state index is 0.0400. The summed E-state index contributed by atoms with van der Waals surface area (Å²) in [5.41, 5.74) is 1.84. The number of pyridine rings is 1. The van der Waals surface area contributed by atoms with Crippen molar-refractivity contribution in [3.05, 3.63) is 46.4 Å².